The third-order valence-corrected chi connectivity index (χ3v) is 7.72. The minimum absolute atomic E-state index is 0.0243. The van der Waals surface area contributed by atoms with Crippen LogP contribution in [0.5, 0.6) is 5.88 Å². The highest BCUT2D eigenvalue weighted by atomic mass is 35.5. The number of ether oxygens (including phenoxy) is 2. The first kappa shape index (κ1) is 26.6. The lowest BCUT2D eigenvalue weighted by atomic mass is 10.0. The second-order valence-electron chi connectivity index (χ2n) is 10.2. The fourth-order valence-corrected chi connectivity index (χ4v) is 5.38. The van der Waals surface area contributed by atoms with Gasteiger partial charge in [-0.3, -0.25) is 4.90 Å². The van der Waals surface area contributed by atoms with Crippen LogP contribution < -0.4 is 4.74 Å². The van der Waals surface area contributed by atoms with Crippen molar-refractivity contribution >= 4 is 28.6 Å². The van der Waals surface area contributed by atoms with E-state index in [2.05, 4.69) is 16.0 Å². The fourth-order valence-electron chi connectivity index (χ4n) is 5.22. The van der Waals surface area contributed by atoms with Crippen LogP contribution in [0.4, 0.5) is 8.78 Å². The van der Waals surface area contributed by atoms with Gasteiger partial charge < -0.3 is 19.1 Å². The Morgan fingerprint density at radius 2 is 2.05 bits per heavy atom. The van der Waals surface area contributed by atoms with E-state index in [9.17, 15) is 14.3 Å². The van der Waals surface area contributed by atoms with Gasteiger partial charge in [-0.1, -0.05) is 17.7 Å². The van der Waals surface area contributed by atoms with Crippen LogP contribution in [0.3, 0.4) is 0 Å². The molecule has 0 spiro atoms. The largest absolute Gasteiger partial charge is 0.478 e. The van der Waals surface area contributed by atoms with E-state index in [1.54, 1.807) is 22.8 Å². The molecule has 11 heteroatoms. The monoisotopic (exact) mass is 568 g/mol. The van der Waals surface area contributed by atoms with Gasteiger partial charge >= 0.3 is 5.97 Å². The Labute approximate surface area is 234 Å². The summed E-state index contributed by atoms with van der Waals surface area (Å²) in [5.41, 5.74) is 3.44. The Morgan fingerprint density at radius 3 is 2.77 bits per heavy atom. The number of aryl methyl sites for hydroxylation is 1. The SMILES string of the molecule is Cc1cc2c(nc1OCc1ccc(Cl)cc1F)CN(Cc1nc3ccc(C(=O)O)c(F)c3n1C[C@@H]1CCO1)CC2. The first-order valence-electron chi connectivity index (χ1n) is 13.1. The van der Waals surface area contributed by atoms with E-state index in [1.807, 2.05) is 6.92 Å². The number of rotatable bonds is 8. The molecule has 0 saturated carbocycles. The first-order chi connectivity index (χ1) is 19.3. The number of hydrogen-bond acceptors (Lipinski definition) is 6. The van der Waals surface area contributed by atoms with Gasteiger partial charge in [0.05, 0.1) is 36.0 Å². The number of imidazole rings is 1. The van der Waals surface area contributed by atoms with Gasteiger partial charge in [0.25, 0.3) is 0 Å². The number of nitrogens with zero attached hydrogens (tertiary/aromatic N) is 4. The van der Waals surface area contributed by atoms with E-state index in [-0.39, 0.29) is 23.8 Å². The molecular formula is C29H27ClF2N4O4. The number of aromatic nitrogens is 3. The van der Waals surface area contributed by atoms with Gasteiger partial charge in [0.2, 0.25) is 5.88 Å². The van der Waals surface area contributed by atoms with Crippen molar-refractivity contribution in [1.82, 2.24) is 19.4 Å². The summed E-state index contributed by atoms with van der Waals surface area (Å²) in [7, 11) is 0. The minimum atomic E-state index is -1.32. The molecule has 1 fully saturated rings. The average molecular weight is 569 g/mol. The summed E-state index contributed by atoms with van der Waals surface area (Å²) in [5, 5.41) is 9.76. The highest BCUT2D eigenvalue weighted by molar-refractivity contribution is 6.30. The summed E-state index contributed by atoms with van der Waals surface area (Å²) in [6, 6.07) is 9.32. The number of fused-ring (bicyclic) bond motifs is 2. The first-order valence-corrected chi connectivity index (χ1v) is 13.5. The molecule has 0 aliphatic carbocycles. The summed E-state index contributed by atoms with van der Waals surface area (Å²) in [6.45, 7) is 4.67. The Bertz CT molecular complexity index is 1620. The maximum atomic E-state index is 15.3. The zero-order valence-corrected chi connectivity index (χ0v) is 22.5. The number of halogens is 3. The second kappa shape index (κ2) is 10.8. The van der Waals surface area contributed by atoms with Crippen molar-refractivity contribution in [2.45, 2.75) is 52.1 Å². The summed E-state index contributed by atoms with van der Waals surface area (Å²) < 4.78 is 42.8. The maximum absolute atomic E-state index is 15.3. The molecule has 208 valence electrons. The quantitative estimate of drug-likeness (QED) is 0.309. The van der Waals surface area contributed by atoms with Crippen molar-refractivity contribution in [3.05, 3.63) is 86.8 Å². The van der Waals surface area contributed by atoms with Crippen molar-refractivity contribution in [1.29, 1.82) is 0 Å². The third kappa shape index (κ3) is 5.14. The van der Waals surface area contributed by atoms with Gasteiger partial charge in [0.15, 0.2) is 5.82 Å². The number of benzene rings is 2. The second-order valence-corrected chi connectivity index (χ2v) is 10.7. The van der Waals surface area contributed by atoms with Gasteiger partial charge in [-0.15, -0.1) is 0 Å². The van der Waals surface area contributed by atoms with Gasteiger partial charge in [-0.25, -0.2) is 23.5 Å². The Balaban J connectivity index is 1.24. The van der Waals surface area contributed by atoms with E-state index in [4.69, 9.17) is 26.1 Å². The van der Waals surface area contributed by atoms with E-state index in [0.29, 0.717) is 54.0 Å². The number of hydrogen-bond donors (Lipinski definition) is 1. The Kier molecular flexibility index (Phi) is 7.16. The molecule has 2 aromatic carbocycles. The van der Waals surface area contributed by atoms with Crippen molar-refractivity contribution in [3.63, 3.8) is 0 Å². The molecule has 0 amide bonds. The number of pyridine rings is 1. The van der Waals surface area contributed by atoms with Crippen molar-refractivity contribution in [2.24, 2.45) is 0 Å². The molecule has 0 radical (unpaired) electrons. The lowest BCUT2D eigenvalue weighted by Gasteiger charge is -2.30. The summed E-state index contributed by atoms with van der Waals surface area (Å²) in [6.07, 6.45) is 1.54. The molecule has 2 aliphatic heterocycles. The zero-order chi connectivity index (χ0) is 28.0. The summed E-state index contributed by atoms with van der Waals surface area (Å²) >= 11 is 5.85. The fraction of sp³-hybridized carbons (Fsp3) is 0.345. The van der Waals surface area contributed by atoms with Crippen molar-refractivity contribution < 1.29 is 28.2 Å². The van der Waals surface area contributed by atoms with Crippen LogP contribution in [0.1, 0.15) is 45.0 Å². The smallest absolute Gasteiger partial charge is 0.338 e. The highest BCUT2D eigenvalue weighted by Gasteiger charge is 2.27. The Hall–Kier alpha value is -3.60. The molecule has 2 aliphatic rings. The Morgan fingerprint density at radius 1 is 1.23 bits per heavy atom. The molecule has 6 rings (SSSR count). The average Bonchev–Trinajstić information content (AvgIpc) is 3.23. The predicted molar refractivity (Wildman–Crippen MR) is 144 cm³/mol. The van der Waals surface area contributed by atoms with Gasteiger partial charge in [0.1, 0.15) is 23.8 Å². The minimum Gasteiger partial charge on any atom is -0.478 e. The molecule has 40 heavy (non-hydrogen) atoms. The van der Waals surface area contributed by atoms with Crippen molar-refractivity contribution in [3.8, 4) is 5.88 Å². The topological polar surface area (TPSA) is 89.7 Å². The lowest BCUT2D eigenvalue weighted by Crippen LogP contribution is -2.34. The number of carbonyl (C=O) groups is 1. The number of aromatic carboxylic acids is 1. The molecule has 0 unspecified atom stereocenters. The summed E-state index contributed by atoms with van der Waals surface area (Å²) in [5.74, 6) is -1.47. The van der Waals surface area contributed by atoms with Crippen LogP contribution in [0.25, 0.3) is 11.0 Å². The summed E-state index contributed by atoms with van der Waals surface area (Å²) in [4.78, 5) is 23.2. The van der Waals surface area contributed by atoms with Crippen LogP contribution in [-0.2, 0) is 37.4 Å². The third-order valence-electron chi connectivity index (χ3n) is 7.49. The molecule has 1 atom stereocenters. The number of carboxylic acid groups (broad SMARTS) is 1. The van der Waals surface area contributed by atoms with E-state index < -0.39 is 17.6 Å². The van der Waals surface area contributed by atoms with Gasteiger partial charge in [0, 0.05) is 35.8 Å². The van der Waals surface area contributed by atoms with Crippen LogP contribution in [0.15, 0.2) is 36.4 Å². The molecule has 4 heterocycles. The van der Waals surface area contributed by atoms with E-state index >= 15 is 4.39 Å². The lowest BCUT2D eigenvalue weighted by molar-refractivity contribution is -0.0592. The molecule has 1 N–H and O–H groups in total. The van der Waals surface area contributed by atoms with Crippen LogP contribution in [-0.4, -0.2) is 49.8 Å². The van der Waals surface area contributed by atoms with E-state index in [1.165, 1.54) is 12.1 Å². The van der Waals surface area contributed by atoms with Crippen LogP contribution in [0.2, 0.25) is 5.02 Å². The molecule has 1 saturated heterocycles. The molecular weight excluding hydrogens is 542 g/mol. The normalized spacial score (nSPS) is 17.1. The van der Waals surface area contributed by atoms with Gasteiger partial charge in [-0.05, 0) is 55.7 Å². The highest BCUT2D eigenvalue weighted by Crippen LogP contribution is 2.29. The molecule has 4 aromatic rings. The molecule has 0 bridgehead atoms. The van der Waals surface area contributed by atoms with Crippen molar-refractivity contribution in [2.75, 3.05) is 13.2 Å². The number of carboxylic acids is 1. The standard InChI is InChI=1S/C29H27ClF2N4O4/c1-16-10-17-6-8-35(13-24(17)34-28(16)40-15-18-2-3-19(30)11-22(18)31)14-25-33-23-5-4-21(29(37)38)26(32)27(23)36(25)12-20-7-9-39-20/h2-5,10-11,20H,6-9,12-15H2,1H3,(H,37,38)/t20-/m0/s1. The molecule has 8 nitrogen and oxygen atoms in total. The predicted octanol–water partition coefficient (Wildman–Crippen LogP) is 5.30. The van der Waals surface area contributed by atoms with Gasteiger partial charge in [-0.2, -0.15) is 0 Å². The zero-order valence-electron chi connectivity index (χ0n) is 21.8. The van der Waals surface area contributed by atoms with Crippen LogP contribution >= 0.6 is 11.6 Å². The van der Waals surface area contributed by atoms with Crippen LogP contribution in [0, 0.1) is 18.6 Å². The molecule has 2 aromatic heterocycles. The van der Waals surface area contributed by atoms with E-state index in [0.717, 1.165) is 36.2 Å². The maximum Gasteiger partial charge on any atom is 0.338 e.